The standard InChI is InChI=1S/C20H34O2/c1-6-8-20(22-17(21)18(3,4)7-2)15-9-14-10-16(20)13-19(5,11-14)12-15/h14-16H,6-13H2,1-5H3. The smallest absolute Gasteiger partial charge is 0.312 e. The topological polar surface area (TPSA) is 26.3 Å². The lowest BCUT2D eigenvalue weighted by atomic mass is 9.44. The highest BCUT2D eigenvalue weighted by molar-refractivity contribution is 5.76. The van der Waals surface area contributed by atoms with Crippen molar-refractivity contribution in [2.75, 3.05) is 0 Å². The van der Waals surface area contributed by atoms with E-state index < -0.39 is 0 Å². The summed E-state index contributed by atoms with van der Waals surface area (Å²) < 4.78 is 6.42. The first-order valence-corrected chi connectivity index (χ1v) is 9.48. The van der Waals surface area contributed by atoms with Crippen molar-refractivity contribution in [3.8, 4) is 0 Å². The van der Waals surface area contributed by atoms with Crippen molar-refractivity contribution in [2.24, 2.45) is 28.6 Å². The van der Waals surface area contributed by atoms with Crippen molar-refractivity contribution in [2.45, 2.75) is 91.6 Å². The molecule has 0 amide bonds. The largest absolute Gasteiger partial charge is 0.458 e. The van der Waals surface area contributed by atoms with Crippen molar-refractivity contribution in [1.82, 2.24) is 0 Å². The molecule has 126 valence electrons. The zero-order valence-electron chi connectivity index (χ0n) is 15.2. The summed E-state index contributed by atoms with van der Waals surface area (Å²) >= 11 is 0. The molecule has 2 nitrogen and oxygen atoms in total. The molecule has 4 fully saturated rings. The van der Waals surface area contributed by atoms with E-state index in [0.29, 0.717) is 17.3 Å². The highest BCUT2D eigenvalue weighted by Crippen LogP contribution is 2.65. The summed E-state index contributed by atoms with van der Waals surface area (Å²) in [5, 5.41) is 0. The lowest BCUT2D eigenvalue weighted by molar-refractivity contribution is -0.231. The SMILES string of the molecule is CCCC1(OC(=O)C(C)(C)CC)C2CC3CC1CC(C)(C3)C2. The van der Waals surface area contributed by atoms with E-state index in [1.54, 1.807) is 0 Å². The van der Waals surface area contributed by atoms with Gasteiger partial charge in [-0.2, -0.15) is 0 Å². The number of carbonyl (C=O) groups excluding carboxylic acids is 1. The number of ether oxygens (including phenoxy) is 1. The van der Waals surface area contributed by atoms with Crippen LogP contribution in [0, 0.1) is 28.6 Å². The zero-order valence-corrected chi connectivity index (χ0v) is 15.2. The van der Waals surface area contributed by atoms with Gasteiger partial charge in [0.05, 0.1) is 5.41 Å². The van der Waals surface area contributed by atoms with Gasteiger partial charge >= 0.3 is 5.97 Å². The first-order chi connectivity index (χ1) is 10.2. The maximum atomic E-state index is 12.8. The molecule has 0 radical (unpaired) electrons. The Morgan fingerprint density at radius 2 is 1.73 bits per heavy atom. The molecule has 4 bridgehead atoms. The van der Waals surface area contributed by atoms with Crippen LogP contribution in [0.1, 0.15) is 86.0 Å². The van der Waals surface area contributed by atoms with Crippen LogP contribution in [-0.4, -0.2) is 11.6 Å². The summed E-state index contributed by atoms with van der Waals surface area (Å²) in [4.78, 5) is 12.8. The third-order valence-corrected chi connectivity index (χ3v) is 7.24. The Bertz CT molecular complexity index is 435. The van der Waals surface area contributed by atoms with Crippen LogP contribution in [0.2, 0.25) is 0 Å². The molecule has 22 heavy (non-hydrogen) atoms. The summed E-state index contributed by atoms with van der Waals surface area (Å²) in [5.41, 5.74) is 0.0361. The molecule has 0 N–H and O–H groups in total. The second kappa shape index (κ2) is 5.24. The molecule has 4 rings (SSSR count). The molecular weight excluding hydrogens is 272 g/mol. The quantitative estimate of drug-likeness (QED) is 0.640. The average molecular weight is 306 g/mol. The second-order valence-electron chi connectivity index (χ2n) is 9.49. The van der Waals surface area contributed by atoms with Gasteiger partial charge in [-0.15, -0.1) is 0 Å². The van der Waals surface area contributed by atoms with Gasteiger partial charge in [-0.05, 0) is 82.0 Å². The van der Waals surface area contributed by atoms with Gasteiger partial charge in [0, 0.05) is 0 Å². The fourth-order valence-corrected chi connectivity index (χ4v) is 5.92. The summed E-state index contributed by atoms with van der Waals surface area (Å²) in [6, 6.07) is 0. The van der Waals surface area contributed by atoms with Gasteiger partial charge < -0.3 is 4.74 Å². The van der Waals surface area contributed by atoms with Crippen LogP contribution in [0.3, 0.4) is 0 Å². The molecule has 0 saturated heterocycles. The normalized spacial score (nSPS) is 43.4. The molecule has 0 aromatic heterocycles. The van der Waals surface area contributed by atoms with Crippen molar-refractivity contribution < 1.29 is 9.53 Å². The van der Waals surface area contributed by atoms with Gasteiger partial charge in [0.1, 0.15) is 5.60 Å². The summed E-state index contributed by atoms with van der Waals surface area (Å²) in [6.07, 6.45) is 9.60. The monoisotopic (exact) mass is 306 g/mol. The van der Waals surface area contributed by atoms with Crippen LogP contribution in [0.15, 0.2) is 0 Å². The molecule has 0 aliphatic heterocycles. The van der Waals surface area contributed by atoms with E-state index in [2.05, 4.69) is 20.8 Å². The first-order valence-electron chi connectivity index (χ1n) is 9.48. The number of rotatable bonds is 5. The predicted octanol–water partition coefficient (Wildman–Crippen LogP) is 5.35. The molecule has 4 aliphatic rings. The maximum absolute atomic E-state index is 12.8. The van der Waals surface area contributed by atoms with Gasteiger partial charge in [-0.1, -0.05) is 27.2 Å². The van der Waals surface area contributed by atoms with E-state index in [9.17, 15) is 4.79 Å². The number of hydrogen-bond donors (Lipinski definition) is 0. The van der Waals surface area contributed by atoms with E-state index in [-0.39, 0.29) is 17.0 Å². The van der Waals surface area contributed by atoms with E-state index in [1.807, 2.05) is 13.8 Å². The fraction of sp³-hybridized carbons (Fsp3) is 0.950. The number of hydrogen-bond acceptors (Lipinski definition) is 2. The Labute approximate surface area is 136 Å². The predicted molar refractivity (Wildman–Crippen MR) is 89.5 cm³/mol. The summed E-state index contributed by atoms with van der Waals surface area (Å²) in [6.45, 7) is 10.9. The van der Waals surface area contributed by atoms with E-state index in [0.717, 1.165) is 25.2 Å². The van der Waals surface area contributed by atoms with Crippen LogP contribution < -0.4 is 0 Å². The molecule has 0 aromatic carbocycles. The van der Waals surface area contributed by atoms with Crippen molar-refractivity contribution in [1.29, 1.82) is 0 Å². The molecule has 2 unspecified atom stereocenters. The Morgan fingerprint density at radius 3 is 2.18 bits per heavy atom. The molecular formula is C20H34O2. The fourth-order valence-electron chi connectivity index (χ4n) is 5.92. The van der Waals surface area contributed by atoms with Gasteiger partial charge in [-0.3, -0.25) is 4.79 Å². The molecule has 0 heterocycles. The molecule has 2 atom stereocenters. The van der Waals surface area contributed by atoms with Gasteiger partial charge in [0.2, 0.25) is 0 Å². The Hall–Kier alpha value is -0.530. The third-order valence-electron chi connectivity index (χ3n) is 7.24. The first kappa shape index (κ1) is 16.3. The average Bonchev–Trinajstić information content (AvgIpc) is 2.42. The van der Waals surface area contributed by atoms with E-state index in [1.165, 1.54) is 32.1 Å². The van der Waals surface area contributed by atoms with Gasteiger partial charge in [0.15, 0.2) is 0 Å². The van der Waals surface area contributed by atoms with Crippen molar-refractivity contribution in [3.05, 3.63) is 0 Å². The number of carbonyl (C=O) groups is 1. The van der Waals surface area contributed by atoms with Crippen LogP contribution in [0.4, 0.5) is 0 Å². The zero-order chi connectivity index (χ0) is 16.2. The minimum atomic E-state index is -0.348. The lowest BCUT2D eigenvalue weighted by Crippen LogP contribution is -2.62. The Kier molecular flexibility index (Phi) is 3.89. The minimum absolute atomic E-state index is 0.0427. The molecule has 0 aromatic rings. The van der Waals surface area contributed by atoms with Crippen LogP contribution in [0.25, 0.3) is 0 Å². The van der Waals surface area contributed by atoms with Crippen LogP contribution in [-0.2, 0) is 9.53 Å². The lowest BCUT2D eigenvalue weighted by Gasteiger charge is -2.64. The highest BCUT2D eigenvalue weighted by atomic mass is 16.6. The third kappa shape index (κ3) is 2.41. The summed E-state index contributed by atoms with van der Waals surface area (Å²) in [7, 11) is 0. The molecule has 4 aliphatic carbocycles. The van der Waals surface area contributed by atoms with E-state index in [4.69, 9.17) is 4.74 Å². The molecule has 0 spiro atoms. The molecule has 4 saturated carbocycles. The van der Waals surface area contributed by atoms with E-state index >= 15 is 0 Å². The van der Waals surface area contributed by atoms with Crippen LogP contribution in [0.5, 0.6) is 0 Å². The Morgan fingerprint density at radius 1 is 1.14 bits per heavy atom. The number of esters is 1. The maximum Gasteiger partial charge on any atom is 0.312 e. The summed E-state index contributed by atoms with van der Waals surface area (Å²) in [5.74, 6) is 2.16. The van der Waals surface area contributed by atoms with Gasteiger partial charge in [-0.25, -0.2) is 0 Å². The second-order valence-corrected chi connectivity index (χ2v) is 9.49. The highest BCUT2D eigenvalue weighted by Gasteiger charge is 2.62. The molecule has 2 heteroatoms. The minimum Gasteiger partial charge on any atom is -0.458 e. The Balaban J connectivity index is 1.88. The van der Waals surface area contributed by atoms with Gasteiger partial charge in [0.25, 0.3) is 0 Å². The van der Waals surface area contributed by atoms with Crippen LogP contribution >= 0.6 is 0 Å². The van der Waals surface area contributed by atoms with Crippen molar-refractivity contribution in [3.63, 3.8) is 0 Å². The van der Waals surface area contributed by atoms with Crippen molar-refractivity contribution >= 4 is 5.97 Å².